The number of ketones is 1. The van der Waals surface area contributed by atoms with Gasteiger partial charge in [-0.3, -0.25) is 48.4 Å². The maximum Gasteiger partial charge on any atom is 0.320 e. The van der Waals surface area contributed by atoms with Gasteiger partial charge in [0.1, 0.15) is 17.9 Å². The lowest BCUT2D eigenvalue weighted by Crippen LogP contribution is -2.53. The minimum Gasteiger partial charge on any atom is -0.481 e. The van der Waals surface area contributed by atoms with Gasteiger partial charge in [0.05, 0.1) is 13.1 Å². The quantitative estimate of drug-likeness (QED) is 0.161. The van der Waals surface area contributed by atoms with Crippen LogP contribution in [0.25, 0.3) is 0 Å². The van der Waals surface area contributed by atoms with Crippen LogP contribution >= 0.6 is 0 Å². The Bertz CT molecular complexity index is 866. The highest BCUT2D eigenvalue weighted by molar-refractivity contribution is 5.81. The number of carboxylic acid groups (broad SMARTS) is 5. The predicted molar refractivity (Wildman–Crippen MR) is 140 cm³/mol. The summed E-state index contributed by atoms with van der Waals surface area (Å²) in [6.45, 7) is 3.47. The van der Waals surface area contributed by atoms with Gasteiger partial charge in [0.2, 0.25) is 0 Å². The largest absolute Gasteiger partial charge is 0.481 e. The van der Waals surface area contributed by atoms with Crippen LogP contribution in [0.1, 0.15) is 39.5 Å². The third kappa shape index (κ3) is 13.3. The van der Waals surface area contributed by atoms with Gasteiger partial charge < -0.3 is 25.5 Å². The van der Waals surface area contributed by atoms with Crippen LogP contribution in [0.2, 0.25) is 0 Å². The summed E-state index contributed by atoms with van der Waals surface area (Å²) >= 11 is 0. The Balaban J connectivity index is 3.27. The number of Topliss-reactive ketones (excluding diaryl/α,β-unsaturated/α-hetero) is 1. The molecule has 2 unspecified atom stereocenters. The first kappa shape index (κ1) is 34.9. The molecule has 0 radical (unpaired) electrons. The van der Waals surface area contributed by atoms with Crippen molar-refractivity contribution >= 4 is 35.6 Å². The van der Waals surface area contributed by atoms with Crippen molar-refractivity contribution < 1.29 is 54.3 Å². The van der Waals surface area contributed by atoms with Crippen LogP contribution in [-0.4, -0.2) is 158 Å². The number of nitrogens with zero attached hydrogens (tertiary/aromatic N) is 4. The van der Waals surface area contributed by atoms with E-state index in [1.807, 2.05) is 0 Å². The van der Waals surface area contributed by atoms with Crippen LogP contribution in [-0.2, 0) is 28.8 Å². The number of carboxylic acids is 5. The molecule has 1 aliphatic heterocycles. The van der Waals surface area contributed by atoms with E-state index in [2.05, 4.69) is 0 Å². The topological polar surface area (TPSA) is 217 Å². The van der Waals surface area contributed by atoms with Gasteiger partial charge in [-0.05, 0) is 12.8 Å². The average Bonchev–Trinajstić information content (AvgIpc) is 2.83. The Kier molecular flexibility index (Phi) is 15.3. The molecule has 0 aliphatic carbocycles. The van der Waals surface area contributed by atoms with Gasteiger partial charge in [-0.25, -0.2) is 0 Å². The Morgan fingerprint density at radius 1 is 0.550 bits per heavy atom. The molecule has 0 spiro atoms. The highest BCUT2D eigenvalue weighted by Gasteiger charge is 2.31. The Labute approximate surface area is 232 Å². The summed E-state index contributed by atoms with van der Waals surface area (Å²) < 4.78 is 0. The summed E-state index contributed by atoms with van der Waals surface area (Å²) in [5.41, 5.74) is 0. The highest BCUT2D eigenvalue weighted by Crippen LogP contribution is 2.14. The van der Waals surface area contributed by atoms with Gasteiger partial charge in [0.15, 0.2) is 0 Å². The van der Waals surface area contributed by atoms with E-state index >= 15 is 0 Å². The van der Waals surface area contributed by atoms with Crippen molar-refractivity contribution in [3.8, 4) is 0 Å². The van der Waals surface area contributed by atoms with Crippen molar-refractivity contribution in [2.75, 3.05) is 65.4 Å². The minimum atomic E-state index is -1.24. The molecule has 1 heterocycles. The molecule has 1 saturated heterocycles. The third-order valence-corrected chi connectivity index (χ3v) is 6.92. The van der Waals surface area contributed by atoms with E-state index < -0.39 is 48.4 Å². The molecule has 40 heavy (non-hydrogen) atoms. The fourth-order valence-electron chi connectivity index (χ4n) is 4.60. The van der Waals surface area contributed by atoms with Crippen LogP contribution in [0.5, 0.6) is 0 Å². The Morgan fingerprint density at radius 2 is 0.900 bits per heavy atom. The molecule has 0 saturated carbocycles. The van der Waals surface area contributed by atoms with E-state index in [0.717, 1.165) is 0 Å². The van der Waals surface area contributed by atoms with E-state index in [1.54, 1.807) is 28.5 Å². The van der Waals surface area contributed by atoms with Gasteiger partial charge in [-0.15, -0.1) is 0 Å². The fraction of sp³-hybridized carbons (Fsp3) is 0.760. The molecule has 15 heteroatoms. The SMILES string of the molecule is CC(C)C(=O)CCC(C(=O)O)N1CCN(CC(=O)O)CCN(C(CCC(=O)O)C(=O)O)CCN(CC(=O)O)CC1. The molecule has 0 aromatic heterocycles. The van der Waals surface area contributed by atoms with E-state index in [-0.39, 0.29) is 96.4 Å². The van der Waals surface area contributed by atoms with Crippen molar-refractivity contribution in [1.82, 2.24) is 19.6 Å². The summed E-state index contributed by atoms with van der Waals surface area (Å²) in [6.07, 6.45) is -0.492. The molecule has 2 atom stereocenters. The van der Waals surface area contributed by atoms with Gasteiger partial charge in [0, 0.05) is 71.1 Å². The molecular weight excluding hydrogens is 532 g/mol. The Hall–Kier alpha value is -3.14. The van der Waals surface area contributed by atoms with E-state index in [1.165, 1.54) is 4.90 Å². The van der Waals surface area contributed by atoms with E-state index in [0.29, 0.717) is 0 Å². The molecule has 0 aromatic carbocycles. The van der Waals surface area contributed by atoms with Crippen molar-refractivity contribution in [3.05, 3.63) is 0 Å². The zero-order valence-electron chi connectivity index (χ0n) is 23.1. The number of carbonyl (C=O) groups is 6. The molecule has 1 rings (SSSR count). The predicted octanol–water partition coefficient (Wildman–Crippen LogP) is -0.846. The van der Waals surface area contributed by atoms with Crippen LogP contribution in [0.4, 0.5) is 0 Å². The second-order valence-corrected chi connectivity index (χ2v) is 10.2. The number of rotatable bonds is 15. The van der Waals surface area contributed by atoms with Crippen LogP contribution in [0, 0.1) is 5.92 Å². The van der Waals surface area contributed by atoms with Crippen molar-refractivity contribution in [2.24, 2.45) is 5.92 Å². The first-order chi connectivity index (χ1) is 18.7. The lowest BCUT2D eigenvalue weighted by atomic mass is 10.0. The lowest BCUT2D eigenvalue weighted by Gasteiger charge is -2.37. The second-order valence-electron chi connectivity index (χ2n) is 10.2. The fourth-order valence-corrected chi connectivity index (χ4v) is 4.60. The summed E-state index contributed by atoms with van der Waals surface area (Å²) in [5, 5.41) is 47.6. The normalized spacial score (nSPS) is 18.8. The molecule has 228 valence electrons. The molecule has 0 bridgehead atoms. The van der Waals surface area contributed by atoms with Gasteiger partial charge in [-0.2, -0.15) is 0 Å². The van der Waals surface area contributed by atoms with Crippen LogP contribution < -0.4 is 0 Å². The zero-order valence-corrected chi connectivity index (χ0v) is 23.1. The molecule has 15 nitrogen and oxygen atoms in total. The number of hydrogen-bond acceptors (Lipinski definition) is 10. The first-order valence-corrected chi connectivity index (χ1v) is 13.3. The monoisotopic (exact) mass is 574 g/mol. The molecule has 5 N–H and O–H groups in total. The number of aliphatic carboxylic acids is 5. The molecular formula is C25H42N4O11. The van der Waals surface area contributed by atoms with Gasteiger partial charge in [0.25, 0.3) is 0 Å². The first-order valence-electron chi connectivity index (χ1n) is 13.3. The van der Waals surface area contributed by atoms with Gasteiger partial charge >= 0.3 is 29.8 Å². The lowest BCUT2D eigenvalue weighted by molar-refractivity contribution is -0.146. The number of carbonyl (C=O) groups excluding carboxylic acids is 1. The van der Waals surface area contributed by atoms with Crippen molar-refractivity contribution in [3.63, 3.8) is 0 Å². The summed E-state index contributed by atoms with van der Waals surface area (Å²) in [6, 6.07) is -2.23. The summed E-state index contributed by atoms with van der Waals surface area (Å²) in [5.74, 6) is -6.15. The average molecular weight is 575 g/mol. The van der Waals surface area contributed by atoms with Crippen molar-refractivity contribution in [2.45, 2.75) is 51.6 Å². The smallest absolute Gasteiger partial charge is 0.320 e. The molecule has 0 amide bonds. The van der Waals surface area contributed by atoms with Crippen LogP contribution in [0.3, 0.4) is 0 Å². The van der Waals surface area contributed by atoms with E-state index in [9.17, 15) is 49.2 Å². The second kappa shape index (κ2) is 17.5. The summed E-state index contributed by atoms with van der Waals surface area (Å²) in [4.78, 5) is 76.8. The highest BCUT2D eigenvalue weighted by atomic mass is 16.4. The maximum atomic E-state index is 12.2. The number of hydrogen-bond donors (Lipinski definition) is 5. The standard InChI is InChI=1S/C25H42N4O11/c1-17(2)20(30)5-3-18(24(37)38)28-11-7-26(15-22(33)34)9-13-29(19(25(39)40)4-6-21(31)32)14-10-27(8-12-28)16-23(35)36/h17-19H,3-16H2,1-2H3,(H,31,32)(H,33,34)(H,35,36)(H,37,38)(H,39,40). The van der Waals surface area contributed by atoms with E-state index in [4.69, 9.17) is 5.11 Å². The summed E-state index contributed by atoms with van der Waals surface area (Å²) in [7, 11) is 0. The van der Waals surface area contributed by atoms with Crippen molar-refractivity contribution in [1.29, 1.82) is 0 Å². The molecule has 0 aromatic rings. The zero-order chi connectivity index (χ0) is 30.4. The van der Waals surface area contributed by atoms with Crippen LogP contribution in [0.15, 0.2) is 0 Å². The maximum absolute atomic E-state index is 12.2. The van der Waals surface area contributed by atoms with Gasteiger partial charge in [-0.1, -0.05) is 13.8 Å². The molecule has 1 fully saturated rings. The Morgan fingerprint density at radius 3 is 1.18 bits per heavy atom. The minimum absolute atomic E-state index is 0.0435. The third-order valence-electron chi connectivity index (χ3n) is 6.92. The molecule has 1 aliphatic rings.